The summed E-state index contributed by atoms with van der Waals surface area (Å²) < 4.78 is 16.4. The van der Waals surface area contributed by atoms with E-state index in [-0.39, 0.29) is 18.6 Å². The molecule has 0 aliphatic rings. The summed E-state index contributed by atoms with van der Waals surface area (Å²) in [5, 5.41) is 22.2. The number of anilines is 4. The number of hydrogen-bond acceptors (Lipinski definition) is 11. The number of carbonyl (C=O) groups is 1. The summed E-state index contributed by atoms with van der Waals surface area (Å²) >= 11 is 0. The van der Waals surface area contributed by atoms with E-state index in [4.69, 9.17) is 14.2 Å². The van der Waals surface area contributed by atoms with Crippen LogP contribution in [0.3, 0.4) is 0 Å². The summed E-state index contributed by atoms with van der Waals surface area (Å²) in [6.07, 6.45) is 0.765. The highest BCUT2D eigenvalue weighted by Crippen LogP contribution is 2.20. The van der Waals surface area contributed by atoms with Crippen molar-refractivity contribution in [2.24, 2.45) is 5.92 Å². The first-order valence-electron chi connectivity index (χ1n) is 13.7. The predicted octanol–water partition coefficient (Wildman–Crippen LogP) is 3.32. The number of ether oxygens (including phenoxy) is 3. The molecular weight excluding hydrogens is 526 g/mol. The van der Waals surface area contributed by atoms with E-state index in [1.807, 2.05) is 42.5 Å². The van der Waals surface area contributed by atoms with Crippen LogP contribution in [0.4, 0.5) is 23.5 Å². The highest BCUT2D eigenvalue weighted by Gasteiger charge is 2.14. The highest BCUT2D eigenvalue weighted by atomic mass is 16.5. The van der Waals surface area contributed by atoms with Gasteiger partial charge in [-0.05, 0) is 48.7 Å². The molecule has 1 atom stereocenters. The van der Waals surface area contributed by atoms with Gasteiger partial charge in [-0.1, -0.05) is 32.0 Å². The zero-order valence-electron chi connectivity index (χ0n) is 23.9. The van der Waals surface area contributed by atoms with Crippen LogP contribution in [0.1, 0.15) is 30.6 Å². The molecule has 0 aliphatic carbocycles. The summed E-state index contributed by atoms with van der Waals surface area (Å²) in [6.45, 7) is 6.67. The van der Waals surface area contributed by atoms with Gasteiger partial charge in [-0.2, -0.15) is 15.0 Å². The summed E-state index contributed by atoms with van der Waals surface area (Å²) in [5.41, 5.74) is 1.41. The average molecular weight is 568 g/mol. The molecule has 222 valence electrons. The Morgan fingerprint density at radius 3 is 2.17 bits per heavy atom. The number of nitrogens with one attached hydrogen (secondary N) is 4. The van der Waals surface area contributed by atoms with Crippen molar-refractivity contribution >= 4 is 29.4 Å². The molecule has 1 aromatic heterocycles. The van der Waals surface area contributed by atoms with E-state index in [2.05, 4.69) is 50.1 Å². The Labute approximate surface area is 241 Å². The molecule has 0 saturated carbocycles. The summed E-state index contributed by atoms with van der Waals surface area (Å²) in [6, 6.07) is 16.3. The fourth-order valence-corrected chi connectivity index (χ4v) is 3.79. The Balaban J connectivity index is 1.43. The smallest absolute Gasteiger partial charge is 0.251 e. The summed E-state index contributed by atoms with van der Waals surface area (Å²) in [5.74, 6) is 2.09. The van der Waals surface area contributed by atoms with E-state index in [0.717, 1.165) is 17.9 Å². The molecule has 0 saturated heterocycles. The lowest BCUT2D eigenvalue weighted by molar-refractivity contribution is 0.0519. The van der Waals surface area contributed by atoms with Gasteiger partial charge >= 0.3 is 0 Å². The average Bonchev–Trinajstić information content (AvgIpc) is 2.98. The number of benzene rings is 2. The van der Waals surface area contributed by atoms with Gasteiger partial charge in [-0.3, -0.25) is 4.79 Å². The first-order chi connectivity index (χ1) is 20.0. The molecule has 1 amide bonds. The van der Waals surface area contributed by atoms with Gasteiger partial charge in [0, 0.05) is 24.3 Å². The van der Waals surface area contributed by atoms with Crippen molar-refractivity contribution in [3.8, 4) is 5.75 Å². The molecule has 5 N–H and O–H groups in total. The minimum absolute atomic E-state index is 0.0385. The van der Waals surface area contributed by atoms with Crippen LogP contribution < -0.4 is 26.0 Å². The SMILES string of the molecule is COc1ccc(Nc2nc(NCCOCCOCCNC(=O)c3ccccc3)nc(N[C@@H](CO)CC(C)C)n2)cc1. The zero-order chi connectivity index (χ0) is 29.3. The number of carbonyl (C=O) groups excluding carboxylic acids is 1. The quantitative estimate of drug-likeness (QED) is 0.136. The van der Waals surface area contributed by atoms with Gasteiger partial charge < -0.3 is 40.6 Å². The van der Waals surface area contributed by atoms with Gasteiger partial charge in [0.05, 0.1) is 46.2 Å². The molecule has 41 heavy (non-hydrogen) atoms. The van der Waals surface area contributed by atoms with E-state index >= 15 is 0 Å². The standard InChI is InChI=1S/C29H41N7O5/c1-21(2)19-24(20-37)33-29-35-27(34-28(36-29)32-23-9-11-25(39-3)12-10-23)31-14-16-41-18-17-40-15-13-30-26(38)22-7-5-4-6-8-22/h4-12,21,24,37H,13-20H2,1-3H3,(H,30,38)(H3,31,32,33,34,35,36)/t24-/m1/s1. The predicted molar refractivity (Wildman–Crippen MR) is 159 cm³/mol. The molecule has 3 aromatic rings. The third kappa shape index (κ3) is 12.0. The van der Waals surface area contributed by atoms with Crippen LogP contribution >= 0.6 is 0 Å². The van der Waals surface area contributed by atoms with Gasteiger partial charge in [0.2, 0.25) is 17.8 Å². The van der Waals surface area contributed by atoms with Crippen LogP contribution in [0, 0.1) is 5.92 Å². The number of aliphatic hydroxyl groups excluding tert-OH is 1. The Bertz CT molecular complexity index is 1170. The minimum Gasteiger partial charge on any atom is -0.497 e. The van der Waals surface area contributed by atoms with Crippen LogP contribution in [-0.2, 0) is 9.47 Å². The molecule has 0 spiro atoms. The number of hydrogen-bond donors (Lipinski definition) is 5. The summed E-state index contributed by atoms with van der Waals surface area (Å²) in [7, 11) is 1.62. The second-order valence-corrected chi connectivity index (χ2v) is 9.59. The number of rotatable bonds is 19. The largest absolute Gasteiger partial charge is 0.497 e. The number of aromatic nitrogens is 3. The van der Waals surface area contributed by atoms with Gasteiger partial charge in [0.15, 0.2) is 0 Å². The first-order valence-corrected chi connectivity index (χ1v) is 13.7. The Kier molecular flexibility index (Phi) is 13.6. The highest BCUT2D eigenvalue weighted by molar-refractivity contribution is 5.94. The topological polar surface area (TPSA) is 152 Å². The van der Waals surface area contributed by atoms with Crippen molar-refractivity contribution in [1.29, 1.82) is 0 Å². The lowest BCUT2D eigenvalue weighted by atomic mass is 10.0. The van der Waals surface area contributed by atoms with E-state index in [1.54, 1.807) is 19.2 Å². The van der Waals surface area contributed by atoms with E-state index in [0.29, 0.717) is 68.8 Å². The molecule has 0 aliphatic heterocycles. The van der Waals surface area contributed by atoms with E-state index in [1.165, 1.54) is 0 Å². The fourth-order valence-electron chi connectivity index (χ4n) is 3.79. The van der Waals surface area contributed by atoms with Crippen LogP contribution in [0.25, 0.3) is 0 Å². The fraction of sp³-hybridized carbons (Fsp3) is 0.448. The van der Waals surface area contributed by atoms with Gasteiger partial charge in [0.1, 0.15) is 5.75 Å². The van der Waals surface area contributed by atoms with Gasteiger partial charge in [-0.25, -0.2) is 0 Å². The number of amides is 1. The molecule has 12 heteroatoms. The third-order valence-corrected chi connectivity index (χ3v) is 5.76. The second kappa shape index (κ2) is 17.6. The molecule has 1 heterocycles. The number of nitrogens with zero attached hydrogens (tertiary/aromatic N) is 3. The normalized spacial score (nSPS) is 11.6. The van der Waals surface area contributed by atoms with Gasteiger partial charge in [-0.15, -0.1) is 0 Å². The molecule has 0 unspecified atom stereocenters. The Morgan fingerprint density at radius 2 is 1.51 bits per heavy atom. The molecule has 0 radical (unpaired) electrons. The molecule has 3 rings (SSSR count). The number of methoxy groups -OCH3 is 1. The lowest BCUT2D eigenvalue weighted by Gasteiger charge is -2.19. The van der Waals surface area contributed by atoms with Crippen molar-refractivity contribution in [3.05, 3.63) is 60.2 Å². The zero-order valence-corrected chi connectivity index (χ0v) is 23.9. The Hall–Kier alpha value is -4.00. The van der Waals surface area contributed by atoms with Crippen molar-refractivity contribution < 1.29 is 24.1 Å². The third-order valence-electron chi connectivity index (χ3n) is 5.76. The van der Waals surface area contributed by atoms with Crippen LogP contribution in [0.15, 0.2) is 54.6 Å². The van der Waals surface area contributed by atoms with Crippen LogP contribution in [0.5, 0.6) is 5.75 Å². The maximum absolute atomic E-state index is 12.0. The molecule has 0 fully saturated rings. The Morgan fingerprint density at radius 1 is 0.854 bits per heavy atom. The molecule has 0 bridgehead atoms. The van der Waals surface area contributed by atoms with Crippen molar-refractivity contribution in [1.82, 2.24) is 20.3 Å². The van der Waals surface area contributed by atoms with Gasteiger partial charge in [0.25, 0.3) is 5.91 Å². The van der Waals surface area contributed by atoms with Crippen LogP contribution in [0.2, 0.25) is 0 Å². The molecule has 12 nitrogen and oxygen atoms in total. The lowest BCUT2D eigenvalue weighted by Crippen LogP contribution is -2.27. The second-order valence-electron chi connectivity index (χ2n) is 9.59. The van der Waals surface area contributed by atoms with Crippen LogP contribution in [-0.4, -0.2) is 85.2 Å². The molecular formula is C29H41N7O5. The first kappa shape index (κ1) is 31.5. The minimum atomic E-state index is -0.186. The van der Waals surface area contributed by atoms with Crippen molar-refractivity contribution in [3.63, 3.8) is 0 Å². The van der Waals surface area contributed by atoms with E-state index in [9.17, 15) is 9.90 Å². The monoisotopic (exact) mass is 567 g/mol. The summed E-state index contributed by atoms with van der Waals surface area (Å²) in [4.78, 5) is 25.4. The maximum atomic E-state index is 12.0. The molecule has 2 aromatic carbocycles. The van der Waals surface area contributed by atoms with Crippen molar-refractivity contribution in [2.75, 3.05) is 69.2 Å². The number of aliphatic hydroxyl groups is 1. The van der Waals surface area contributed by atoms with E-state index < -0.39 is 0 Å². The van der Waals surface area contributed by atoms with Crippen molar-refractivity contribution in [2.45, 2.75) is 26.3 Å². The maximum Gasteiger partial charge on any atom is 0.251 e.